The molecule has 0 heterocycles. The van der Waals surface area contributed by atoms with Crippen LogP contribution >= 0.6 is 23.2 Å². The van der Waals surface area contributed by atoms with E-state index >= 15 is 0 Å². The van der Waals surface area contributed by atoms with Crippen molar-refractivity contribution in [3.05, 3.63) is 27.7 Å². The molecule has 5 heteroatoms. The molecule has 2 rings (SSSR count). The quantitative estimate of drug-likeness (QED) is 0.849. The Balaban J connectivity index is 2.06. The Labute approximate surface area is 130 Å². The molecular formula is C15H20Cl2N2O. The molecule has 1 fully saturated rings. The number of carbonyl (C=O) groups is 1. The summed E-state index contributed by atoms with van der Waals surface area (Å²) in [5.41, 5.74) is 6.50. The SMILES string of the molecule is CN(CC1CCCCC1)C(=O)c1cc(Cl)c(N)c(Cl)c1. The fourth-order valence-corrected chi connectivity index (χ4v) is 3.26. The van der Waals surface area contributed by atoms with Crippen molar-refractivity contribution < 1.29 is 4.79 Å². The molecule has 1 aromatic rings. The molecular weight excluding hydrogens is 295 g/mol. The average Bonchev–Trinajstić information content (AvgIpc) is 2.44. The van der Waals surface area contributed by atoms with Crippen LogP contribution in [0, 0.1) is 5.92 Å². The number of rotatable bonds is 3. The van der Waals surface area contributed by atoms with Gasteiger partial charge < -0.3 is 10.6 Å². The van der Waals surface area contributed by atoms with Crippen LogP contribution in [-0.2, 0) is 0 Å². The number of nitrogens with zero attached hydrogens (tertiary/aromatic N) is 1. The molecule has 3 nitrogen and oxygen atoms in total. The lowest BCUT2D eigenvalue weighted by Gasteiger charge is -2.27. The number of carbonyl (C=O) groups excluding carboxylic acids is 1. The van der Waals surface area contributed by atoms with Crippen LogP contribution in [0.1, 0.15) is 42.5 Å². The molecule has 1 aromatic carbocycles. The van der Waals surface area contributed by atoms with Gasteiger partial charge in [0.05, 0.1) is 15.7 Å². The number of hydrogen-bond donors (Lipinski definition) is 1. The van der Waals surface area contributed by atoms with Crippen LogP contribution in [0.2, 0.25) is 10.0 Å². The van der Waals surface area contributed by atoms with Crippen molar-refractivity contribution >= 4 is 34.8 Å². The first-order valence-electron chi connectivity index (χ1n) is 6.99. The van der Waals surface area contributed by atoms with E-state index in [2.05, 4.69) is 0 Å². The molecule has 2 N–H and O–H groups in total. The first-order chi connectivity index (χ1) is 9.49. The maximum atomic E-state index is 12.4. The van der Waals surface area contributed by atoms with Gasteiger partial charge in [0.25, 0.3) is 5.91 Å². The van der Waals surface area contributed by atoms with Crippen LogP contribution in [-0.4, -0.2) is 24.4 Å². The molecule has 0 bridgehead atoms. The molecule has 0 radical (unpaired) electrons. The van der Waals surface area contributed by atoms with E-state index in [0.29, 0.717) is 27.2 Å². The number of halogens is 2. The zero-order valence-electron chi connectivity index (χ0n) is 11.7. The van der Waals surface area contributed by atoms with Crippen LogP contribution in [0.15, 0.2) is 12.1 Å². The van der Waals surface area contributed by atoms with Gasteiger partial charge in [0.15, 0.2) is 0 Å². The molecule has 20 heavy (non-hydrogen) atoms. The smallest absolute Gasteiger partial charge is 0.253 e. The number of hydrogen-bond acceptors (Lipinski definition) is 2. The third-order valence-corrected chi connectivity index (χ3v) is 4.55. The fraction of sp³-hybridized carbons (Fsp3) is 0.533. The summed E-state index contributed by atoms with van der Waals surface area (Å²) in [6, 6.07) is 3.17. The van der Waals surface area contributed by atoms with Gasteiger partial charge in [-0.1, -0.05) is 42.5 Å². The highest BCUT2D eigenvalue weighted by Crippen LogP contribution is 2.30. The maximum Gasteiger partial charge on any atom is 0.253 e. The van der Waals surface area contributed by atoms with Crippen LogP contribution in [0.3, 0.4) is 0 Å². The molecule has 0 saturated heterocycles. The second-order valence-corrected chi connectivity index (χ2v) is 6.36. The molecule has 0 unspecified atom stereocenters. The number of benzene rings is 1. The summed E-state index contributed by atoms with van der Waals surface area (Å²) >= 11 is 12.0. The minimum Gasteiger partial charge on any atom is -0.396 e. The maximum absolute atomic E-state index is 12.4. The van der Waals surface area contributed by atoms with Gasteiger partial charge in [-0.05, 0) is 30.9 Å². The van der Waals surface area contributed by atoms with Gasteiger partial charge in [-0.3, -0.25) is 4.79 Å². The minimum absolute atomic E-state index is 0.0561. The molecule has 1 saturated carbocycles. The van der Waals surface area contributed by atoms with Crippen molar-refractivity contribution in [3.8, 4) is 0 Å². The van der Waals surface area contributed by atoms with Crippen molar-refractivity contribution in [2.45, 2.75) is 32.1 Å². The van der Waals surface area contributed by atoms with E-state index in [1.807, 2.05) is 7.05 Å². The Morgan fingerprint density at radius 2 is 1.80 bits per heavy atom. The third kappa shape index (κ3) is 3.58. The monoisotopic (exact) mass is 314 g/mol. The Hall–Kier alpha value is -0.930. The van der Waals surface area contributed by atoms with Crippen molar-refractivity contribution in [3.63, 3.8) is 0 Å². The highest BCUT2D eigenvalue weighted by atomic mass is 35.5. The summed E-state index contributed by atoms with van der Waals surface area (Å²) < 4.78 is 0. The zero-order chi connectivity index (χ0) is 14.7. The molecule has 1 aliphatic carbocycles. The van der Waals surface area contributed by atoms with E-state index in [9.17, 15) is 4.79 Å². The number of nitrogen functional groups attached to an aromatic ring is 1. The standard InChI is InChI=1S/C15H20Cl2N2O/c1-19(9-10-5-3-2-4-6-10)15(20)11-7-12(16)14(18)13(17)8-11/h7-8,10H,2-6,9,18H2,1H3. The predicted octanol–water partition coefficient (Wildman–Crippen LogP) is 4.23. The van der Waals surface area contributed by atoms with Crippen molar-refractivity contribution in [2.24, 2.45) is 5.92 Å². The van der Waals surface area contributed by atoms with Crippen molar-refractivity contribution in [1.82, 2.24) is 4.90 Å². The second kappa shape index (κ2) is 6.68. The van der Waals surface area contributed by atoms with E-state index in [1.54, 1.807) is 17.0 Å². The van der Waals surface area contributed by atoms with Crippen LogP contribution in [0.25, 0.3) is 0 Å². The fourth-order valence-electron chi connectivity index (χ4n) is 2.77. The number of anilines is 1. The van der Waals surface area contributed by atoms with Crippen molar-refractivity contribution in [2.75, 3.05) is 19.3 Å². The van der Waals surface area contributed by atoms with E-state index in [0.717, 1.165) is 6.54 Å². The summed E-state index contributed by atoms with van der Waals surface area (Å²) in [4.78, 5) is 14.2. The van der Waals surface area contributed by atoms with E-state index in [-0.39, 0.29) is 5.91 Å². The largest absolute Gasteiger partial charge is 0.396 e. The van der Waals surface area contributed by atoms with Gasteiger partial charge >= 0.3 is 0 Å². The summed E-state index contributed by atoms with van der Waals surface area (Å²) in [5.74, 6) is 0.553. The first-order valence-corrected chi connectivity index (χ1v) is 7.74. The van der Waals surface area contributed by atoms with Gasteiger partial charge in [0.1, 0.15) is 0 Å². The second-order valence-electron chi connectivity index (χ2n) is 5.54. The number of nitrogens with two attached hydrogens (primary N) is 1. The summed E-state index contributed by atoms with van der Waals surface area (Å²) in [6.45, 7) is 0.790. The molecule has 0 aromatic heterocycles. The van der Waals surface area contributed by atoms with Gasteiger partial charge in [0.2, 0.25) is 0 Å². The lowest BCUT2D eigenvalue weighted by Crippen LogP contribution is -2.32. The number of amides is 1. The lowest BCUT2D eigenvalue weighted by molar-refractivity contribution is 0.0760. The molecule has 0 spiro atoms. The predicted molar refractivity (Wildman–Crippen MR) is 84.4 cm³/mol. The van der Waals surface area contributed by atoms with Crippen LogP contribution in [0.4, 0.5) is 5.69 Å². The van der Waals surface area contributed by atoms with Gasteiger partial charge in [-0.15, -0.1) is 0 Å². The Morgan fingerprint density at radius 3 is 2.35 bits per heavy atom. The molecule has 0 aliphatic heterocycles. The highest BCUT2D eigenvalue weighted by molar-refractivity contribution is 6.39. The van der Waals surface area contributed by atoms with E-state index in [1.165, 1.54) is 32.1 Å². The lowest BCUT2D eigenvalue weighted by atomic mass is 9.89. The molecule has 1 amide bonds. The zero-order valence-corrected chi connectivity index (χ0v) is 13.2. The van der Waals surface area contributed by atoms with Crippen LogP contribution in [0.5, 0.6) is 0 Å². The van der Waals surface area contributed by atoms with Gasteiger partial charge in [0, 0.05) is 19.2 Å². The van der Waals surface area contributed by atoms with E-state index in [4.69, 9.17) is 28.9 Å². The van der Waals surface area contributed by atoms with Crippen molar-refractivity contribution in [1.29, 1.82) is 0 Å². The Bertz CT molecular complexity index is 476. The summed E-state index contributed by atoms with van der Waals surface area (Å²) in [5, 5.41) is 0.652. The first kappa shape index (κ1) is 15.5. The Kier molecular flexibility index (Phi) is 5.17. The summed E-state index contributed by atoms with van der Waals surface area (Å²) in [7, 11) is 1.83. The van der Waals surface area contributed by atoms with Crippen LogP contribution < -0.4 is 5.73 Å². The van der Waals surface area contributed by atoms with Gasteiger partial charge in [-0.2, -0.15) is 0 Å². The third-order valence-electron chi connectivity index (χ3n) is 3.93. The van der Waals surface area contributed by atoms with Gasteiger partial charge in [-0.25, -0.2) is 0 Å². The molecule has 1 aliphatic rings. The molecule has 110 valence electrons. The normalized spacial score (nSPS) is 16.1. The highest BCUT2D eigenvalue weighted by Gasteiger charge is 2.20. The topological polar surface area (TPSA) is 46.3 Å². The van der Waals surface area contributed by atoms with E-state index < -0.39 is 0 Å². The Morgan fingerprint density at radius 1 is 1.25 bits per heavy atom. The summed E-state index contributed by atoms with van der Waals surface area (Å²) in [6.07, 6.45) is 6.28. The average molecular weight is 315 g/mol. The minimum atomic E-state index is -0.0561. The molecule has 0 atom stereocenters.